The minimum atomic E-state index is -3.63. The number of piperidine rings is 1. The Morgan fingerprint density at radius 2 is 1.19 bits per heavy atom. The maximum atomic E-state index is 12.7. The summed E-state index contributed by atoms with van der Waals surface area (Å²) in [6.45, 7) is 1.79. The Kier molecular flexibility index (Phi) is 11.7. The molecule has 0 aliphatic carbocycles. The topological polar surface area (TPSA) is 199 Å². The molecule has 0 unspecified atom stereocenters. The Hall–Kier alpha value is -6.36. The lowest BCUT2D eigenvalue weighted by atomic mass is 9.98. The summed E-state index contributed by atoms with van der Waals surface area (Å²) in [7, 11) is -7.07. The Morgan fingerprint density at radius 1 is 0.667 bits per heavy atom. The number of carbonyl (C=O) groups excluding carboxylic acids is 2. The van der Waals surface area contributed by atoms with Crippen LogP contribution in [0.3, 0.4) is 0 Å². The van der Waals surface area contributed by atoms with Crippen LogP contribution in [0.5, 0.6) is 0 Å². The van der Waals surface area contributed by atoms with Gasteiger partial charge in [-0.05, 0) is 85.0 Å². The summed E-state index contributed by atoms with van der Waals surface area (Å²) in [5.41, 5.74) is 3.98. The fourth-order valence-corrected chi connectivity index (χ4v) is 8.97. The van der Waals surface area contributed by atoms with E-state index in [-0.39, 0.29) is 22.6 Å². The highest BCUT2D eigenvalue weighted by atomic mass is 32.2. The van der Waals surface area contributed by atoms with Crippen LogP contribution in [0.15, 0.2) is 144 Å². The number of pyridine rings is 2. The van der Waals surface area contributed by atoms with E-state index in [0.717, 1.165) is 40.2 Å². The number of H-pyrrole nitrogens is 2. The van der Waals surface area contributed by atoms with Gasteiger partial charge in [0.1, 0.15) is 11.4 Å². The van der Waals surface area contributed by atoms with E-state index in [1.54, 1.807) is 116 Å². The van der Waals surface area contributed by atoms with E-state index < -0.39 is 20.0 Å². The number of aromatic nitrogens is 4. The molecule has 1 aliphatic rings. The van der Waals surface area contributed by atoms with Crippen LogP contribution >= 0.6 is 0 Å². The molecule has 0 spiro atoms. The van der Waals surface area contributed by atoms with Crippen LogP contribution in [0.2, 0.25) is 0 Å². The monoisotopic (exact) mass is 804 g/mol. The van der Waals surface area contributed by atoms with E-state index in [0.29, 0.717) is 48.1 Å². The van der Waals surface area contributed by atoms with Gasteiger partial charge in [-0.2, -0.15) is 4.31 Å². The molecular weight excluding hydrogens is 765 g/mol. The molecule has 4 aromatic heterocycles. The van der Waals surface area contributed by atoms with Crippen molar-refractivity contribution in [1.82, 2.24) is 34.9 Å². The number of nitrogens with zero attached hydrogens (tertiary/aromatic N) is 3. The molecule has 0 bridgehead atoms. The molecule has 0 saturated carbocycles. The lowest BCUT2D eigenvalue weighted by Gasteiger charge is -2.31. The Morgan fingerprint density at radius 3 is 1.74 bits per heavy atom. The molecule has 1 fully saturated rings. The summed E-state index contributed by atoms with van der Waals surface area (Å²) >= 11 is 0. The molecule has 14 nitrogen and oxygen atoms in total. The average Bonchev–Trinajstić information content (AvgIpc) is 3.89. The van der Waals surface area contributed by atoms with Crippen LogP contribution in [0.4, 0.5) is 5.69 Å². The van der Waals surface area contributed by atoms with Gasteiger partial charge in [-0.15, -0.1) is 0 Å². The van der Waals surface area contributed by atoms with Crippen molar-refractivity contribution in [3.05, 3.63) is 151 Å². The van der Waals surface area contributed by atoms with Gasteiger partial charge < -0.3 is 20.6 Å². The van der Waals surface area contributed by atoms with Crippen LogP contribution in [-0.4, -0.2) is 72.5 Å². The number of benzene rings is 3. The van der Waals surface area contributed by atoms with Crippen molar-refractivity contribution in [2.45, 2.75) is 29.2 Å². The first-order chi connectivity index (χ1) is 27.5. The molecule has 2 amide bonds. The van der Waals surface area contributed by atoms with E-state index in [2.05, 4.69) is 35.3 Å². The number of fused-ring (bicyclic) bond motifs is 2. The molecule has 5 N–H and O–H groups in total. The summed E-state index contributed by atoms with van der Waals surface area (Å²) in [6, 6.07) is 30.7. The van der Waals surface area contributed by atoms with Gasteiger partial charge in [-0.25, -0.2) is 16.8 Å². The number of anilines is 1. The van der Waals surface area contributed by atoms with E-state index >= 15 is 0 Å². The fraction of sp³-hybridized carbons (Fsp3) is 0.171. The number of amides is 2. The van der Waals surface area contributed by atoms with Crippen molar-refractivity contribution in [1.29, 1.82) is 0 Å². The predicted molar refractivity (Wildman–Crippen MR) is 217 cm³/mol. The molecule has 0 atom stereocenters. The second-order valence-corrected chi connectivity index (χ2v) is 17.1. The second kappa shape index (κ2) is 17.2. The summed E-state index contributed by atoms with van der Waals surface area (Å²) in [5, 5.41) is 7.56. The summed E-state index contributed by atoms with van der Waals surface area (Å²) in [4.78, 5) is 39.5. The van der Waals surface area contributed by atoms with Crippen LogP contribution < -0.4 is 15.4 Å². The zero-order chi connectivity index (χ0) is 39.8. The molecule has 1 aliphatic heterocycles. The standard InChI is InChI=1S/C21H18N4O3S.C20H22N4O3S/c26-21(20-12-16-14-22-11-10-19(16)24-20)23-13-15-6-8-17(9-7-15)25-29(27,28)18-4-2-1-3-5-18;25-20(19-12-16-14-21-9-6-18(16)23-19)22-13-15-7-10-24(11-8-15)28(26,27)17-4-2-1-3-5-17/h1-12,14,24-25H,13H2,(H,23,26);1-6,9,12,14-15,23H,7-8,10-11,13H2,(H,22,25). The normalized spacial score (nSPS) is 13.8. The highest BCUT2D eigenvalue weighted by molar-refractivity contribution is 7.92. The fourth-order valence-electron chi connectivity index (χ4n) is 6.40. The van der Waals surface area contributed by atoms with Crippen LogP contribution in [0, 0.1) is 5.92 Å². The molecular formula is C41H40N8O6S2. The van der Waals surface area contributed by atoms with E-state index in [1.807, 2.05) is 6.07 Å². The van der Waals surface area contributed by atoms with Gasteiger partial charge >= 0.3 is 0 Å². The summed E-state index contributed by atoms with van der Waals surface area (Å²) in [5.74, 6) is -0.122. The van der Waals surface area contributed by atoms with Gasteiger partial charge in [0.05, 0.1) is 9.79 Å². The van der Waals surface area contributed by atoms with Gasteiger partial charge in [0, 0.05) is 78.5 Å². The highest BCUT2D eigenvalue weighted by Gasteiger charge is 2.29. The third kappa shape index (κ3) is 9.55. The van der Waals surface area contributed by atoms with Crippen molar-refractivity contribution < 1.29 is 26.4 Å². The van der Waals surface area contributed by atoms with Crippen LogP contribution in [-0.2, 0) is 26.6 Å². The zero-order valence-electron chi connectivity index (χ0n) is 30.6. The summed E-state index contributed by atoms with van der Waals surface area (Å²) < 4.78 is 54.1. The highest BCUT2D eigenvalue weighted by Crippen LogP contribution is 2.24. The first-order valence-electron chi connectivity index (χ1n) is 18.2. The van der Waals surface area contributed by atoms with Gasteiger partial charge in [0.25, 0.3) is 21.8 Å². The first-order valence-corrected chi connectivity index (χ1v) is 21.1. The molecule has 1 saturated heterocycles. The minimum absolute atomic E-state index is 0.157. The molecule has 3 aromatic carbocycles. The minimum Gasteiger partial charge on any atom is -0.350 e. The van der Waals surface area contributed by atoms with Crippen molar-refractivity contribution in [2.24, 2.45) is 5.92 Å². The number of carbonyl (C=O) groups is 2. The number of rotatable bonds is 11. The molecule has 7 aromatic rings. The van der Waals surface area contributed by atoms with Gasteiger partial charge in [-0.1, -0.05) is 48.5 Å². The number of hydrogen-bond acceptors (Lipinski definition) is 8. The molecule has 8 rings (SSSR count). The lowest BCUT2D eigenvalue weighted by Crippen LogP contribution is -2.41. The number of nitrogens with one attached hydrogen (secondary N) is 5. The molecule has 0 radical (unpaired) electrons. The van der Waals surface area contributed by atoms with Gasteiger partial charge in [0.2, 0.25) is 10.0 Å². The Balaban J connectivity index is 0.000000174. The maximum absolute atomic E-state index is 12.7. The number of aromatic amines is 2. The molecule has 57 heavy (non-hydrogen) atoms. The van der Waals surface area contributed by atoms with Gasteiger partial charge in [-0.3, -0.25) is 24.3 Å². The molecule has 16 heteroatoms. The van der Waals surface area contributed by atoms with E-state index in [9.17, 15) is 26.4 Å². The second-order valence-electron chi connectivity index (χ2n) is 13.5. The largest absolute Gasteiger partial charge is 0.350 e. The molecule has 292 valence electrons. The van der Waals surface area contributed by atoms with Crippen molar-refractivity contribution in [3.8, 4) is 0 Å². The van der Waals surface area contributed by atoms with Gasteiger partial charge in [0.15, 0.2) is 0 Å². The summed E-state index contributed by atoms with van der Waals surface area (Å²) in [6.07, 6.45) is 8.20. The Labute approximate surface area is 329 Å². The SMILES string of the molecule is O=C(NCC1CCN(S(=O)(=O)c2ccccc2)CC1)c1cc2cnccc2[nH]1.O=C(NCc1ccc(NS(=O)(=O)c2ccccc2)cc1)c1cc2cnccc2[nH]1. The lowest BCUT2D eigenvalue weighted by molar-refractivity contribution is 0.0933. The van der Waals surface area contributed by atoms with Crippen molar-refractivity contribution >= 4 is 59.4 Å². The third-order valence-corrected chi connectivity index (χ3v) is 12.9. The van der Waals surface area contributed by atoms with Crippen molar-refractivity contribution in [2.75, 3.05) is 24.4 Å². The predicted octanol–water partition coefficient (Wildman–Crippen LogP) is 5.69. The Bertz CT molecular complexity index is 2630. The first kappa shape index (κ1) is 38.9. The average molecular weight is 805 g/mol. The molecule has 5 heterocycles. The zero-order valence-corrected chi connectivity index (χ0v) is 32.3. The smallest absolute Gasteiger partial charge is 0.267 e. The van der Waals surface area contributed by atoms with E-state index in [1.165, 1.54) is 16.4 Å². The number of sulfonamides is 2. The number of hydrogen-bond donors (Lipinski definition) is 5. The van der Waals surface area contributed by atoms with E-state index in [4.69, 9.17) is 0 Å². The van der Waals surface area contributed by atoms with Crippen LogP contribution in [0.1, 0.15) is 39.4 Å². The van der Waals surface area contributed by atoms with Crippen molar-refractivity contribution in [3.63, 3.8) is 0 Å². The quantitative estimate of drug-likeness (QED) is 0.110. The van der Waals surface area contributed by atoms with Crippen LogP contribution in [0.25, 0.3) is 21.8 Å². The third-order valence-electron chi connectivity index (χ3n) is 9.55. The maximum Gasteiger partial charge on any atom is 0.267 e.